The predicted molar refractivity (Wildman–Crippen MR) is 124 cm³/mol. The first-order chi connectivity index (χ1) is 15.4. The molecule has 2 aliphatic carbocycles. The number of allylic oxidation sites excluding steroid dienone is 3. The highest BCUT2D eigenvalue weighted by atomic mass is 16.5. The molecule has 0 amide bonds. The van der Waals surface area contributed by atoms with Gasteiger partial charge in [0.1, 0.15) is 11.9 Å². The van der Waals surface area contributed by atoms with Gasteiger partial charge in [0.25, 0.3) is 0 Å². The lowest BCUT2D eigenvalue weighted by atomic mass is 9.75. The van der Waals surface area contributed by atoms with E-state index in [4.69, 9.17) is 9.47 Å². The number of dihydropyridines is 1. The third kappa shape index (κ3) is 4.92. The highest BCUT2D eigenvalue weighted by Gasteiger charge is 2.39. The minimum absolute atomic E-state index is 0.0369. The summed E-state index contributed by atoms with van der Waals surface area (Å²) in [7, 11) is 0. The Morgan fingerprint density at radius 3 is 2.34 bits per heavy atom. The zero-order valence-electron chi connectivity index (χ0n) is 19.5. The van der Waals surface area contributed by atoms with Crippen molar-refractivity contribution in [1.82, 2.24) is 5.32 Å². The fourth-order valence-corrected chi connectivity index (χ4v) is 5.17. The number of rotatable bonds is 5. The Morgan fingerprint density at radius 2 is 1.69 bits per heavy atom. The Balaban J connectivity index is 1.68. The zero-order valence-corrected chi connectivity index (χ0v) is 19.5. The van der Waals surface area contributed by atoms with E-state index in [9.17, 15) is 9.59 Å². The van der Waals surface area contributed by atoms with Gasteiger partial charge in [0.15, 0.2) is 5.78 Å². The Morgan fingerprint density at radius 1 is 1.00 bits per heavy atom. The van der Waals surface area contributed by atoms with Crippen LogP contribution >= 0.6 is 0 Å². The van der Waals surface area contributed by atoms with Gasteiger partial charge in [-0.3, -0.25) is 4.79 Å². The lowest BCUT2D eigenvalue weighted by molar-refractivity contribution is -0.145. The topological polar surface area (TPSA) is 64.6 Å². The van der Waals surface area contributed by atoms with Crippen molar-refractivity contribution in [3.63, 3.8) is 0 Å². The molecule has 32 heavy (non-hydrogen) atoms. The van der Waals surface area contributed by atoms with E-state index in [-0.39, 0.29) is 24.0 Å². The molecule has 1 heterocycles. The number of carbonyl (C=O) groups excluding carboxylic acids is 2. The van der Waals surface area contributed by atoms with Gasteiger partial charge in [-0.2, -0.15) is 0 Å². The molecule has 1 aromatic rings. The molecule has 1 atom stereocenters. The van der Waals surface area contributed by atoms with E-state index in [2.05, 4.69) is 5.32 Å². The van der Waals surface area contributed by atoms with Crippen LogP contribution in [0.2, 0.25) is 0 Å². The van der Waals surface area contributed by atoms with Crippen LogP contribution in [0.5, 0.6) is 5.75 Å². The number of esters is 1. The summed E-state index contributed by atoms with van der Waals surface area (Å²) in [5.74, 6) is 0.216. The average molecular weight is 438 g/mol. The molecule has 0 spiro atoms. The van der Waals surface area contributed by atoms with Crippen molar-refractivity contribution in [1.29, 1.82) is 0 Å². The number of hydrogen-bond acceptors (Lipinski definition) is 5. The first-order valence-corrected chi connectivity index (χ1v) is 12.2. The largest absolute Gasteiger partial charge is 0.491 e. The van der Waals surface area contributed by atoms with Crippen LogP contribution in [0.15, 0.2) is 46.8 Å². The Hall–Kier alpha value is -2.56. The summed E-state index contributed by atoms with van der Waals surface area (Å²) >= 11 is 0. The van der Waals surface area contributed by atoms with Gasteiger partial charge >= 0.3 is 5.97 Å². The molecule has 1 unspecified atom stereocenters. The van der Waals surface area contributed by atoms with Crippen LogP contribution < -0.4 is 10.1 Å². The lowest BCUT2D eigenvalue weighted by Crippen LogP contribution is -2.35. The molecule has 0 aromatic heterocycles. The van der Waals surface area contributed by atoms with Crippen molar-refractivity contribution >= 4 is 11.8 Å². The predicted octanol–water partition coefficient (Wildman–Crippen LogP) is 5.71. The molecule has 4 rings (SSSR count). The number of carbonyl (C=O) groups is 2. The van der Waals surface area contributed by atoms with E-state index in [0.29, 0.717) is 12.0 Å². The molecule has 1 fully saturated rings. The maximum absolute atomic E-state index is 13.5. The molecular weight excluding hydrogens is 402 g/mol. The number of hydrogen-bond donors (Lipinski definition) is 1. The third-order valence-corrected chi connectivity index (χ3v) is 6.66. The Bertz CT molecular complexity index is 917. The molecule has 5 heteroatoms. The van der Waals surface area contributed by atoms with Gasteiger partial charge in [-0.25, -0.2) is 4.79 Å². The summed E-state index contributed by atoms with van der Waals surface area (Å²) in [6.45, 7) is 5.91. The van der Waals surface area contributed by atoms with Crippen LogP contribution in [0.1, 0.15) is 90.0 Å². The summed E-state index contributed by atoms with van der Waals surface area (Å²) in [5.41, 5.74) is 3.98. The van der Waals surface area contributed by atoms with E-state index < -0.39 is 5.92 Å². The highest BCUT2D eigenvalue weighted by molar-refractivity contribution is 6.03. The maximum atomic E-state index is 13.5. The minimum atomic E-state index is -0.398. The number of Topliss-reactive ketones (excluding diaryl/α,β-unsaturated/α-hetero) is 1. The second-order valence-corrected chi connectivity index (χ2v) is 9.52. The van der Waals surface area contributed by atoms with E-state index in [1.54, 1.807) is 0 Å². The molecule has 5 nitrogen and oxygen atoms in total. The van der Waals surface area contributed by atoms with Crippen LogP contribution in [-0.2, 0) is 14.3 Å². The smallest absolute Gasteiger partial charge is 0.337 e. The van der Waals surface area contributed by atoms with Crippen molar-refractivity contribution in [2.45, 2.75) is 96.7 Å². The molecule has 1 aromatic carbocycles. The van der Waals surface area contributed by atoms with Crippen LogP contribution in [0.25, 0.3) is 0 Å². The zero-order chi connectivity index (χ0) is 22.7. The van der Waals surface area contributed by atoms with Crippen LogP contribution in [0.4, 0.5) is 0 Å². The quantitative estimate of drug-likeness (QED) is 0.472. The lowest BCUT2D eigenvalue weighted by Gasteiger charge is -2.34. The van der Waals surface area contributed by atoms with Gasteiger partial charge in [0, 0.05) is 29.3 Å². The SMILES string of the molecule is CC1=C(C(=O)OC2CCCCCC2)C(c2ccc(OC(C)C)cc2)C2=C(CCCC2=O)N1. The normalized spacial score (nSPS) is 22.4. The first kappa shape index (κ1) is 22.6. The van der Waals surface area contributed by atoms with Gasteiger partial charge in [-0.15, -0.1) is 0 Å². The second-order valence-electron chi connectivity index (χ2n) is 9.52. The first-order valence-electron chi connectivity index (χ1n) is 12.2. The summed E-state index contributed by atoms with van der Waals surface area (Å²) in [4.78, 5) is 26.5. The van der Waals surface area contributed by atoms with Crippen molar-refractivity contribution in [2.75, 3.05) is 0 Å². The summed E-state index contributed by atoms with van der Waals surface area (Å²) < 4.78 is 11.8. The Labute approximate surface area is 191 Å². The summed E-state index contributed by atoms with van der Waals surface area (Å²) in [6, 6.07) is 7.81. The number of nitrogens with one attached hydrogen (secondary N) is 1. The fraction of sp³-hybridized carbons (Fsp3) is 0.556. The molecule has 172 valence electrons. The monoisotopic (exact) mass is 437 g/mol. The summed E-state index contributed by atoms with van der Waals surface area (Å²) in [6.07, 6.45) is 8.69. The van der Waals surface area contributed by atoms with Crippen LogP contribution in [0, 0.1) is 0 Å². The molecule has 1 N–H and O–H groups in total. The van der Waals surface area contributed by atoms with E-state index >= 15 is 0 Å². The van der Waals surface area contributed by atoms with Crippen molar-refractivity contribution in [2.24, 2.45) is 0 Å². The van der Waals surface area contributed by atoms with Crippen LogP contribution in [-0.4, -0.2) is 24.0 Å². The summed E-state index contributed by atoms with van der Waals surface area (Å²) in [5, 5.41) is 3.38. The number of ketones is 1. The van der Waals surface area contributed by atoms with Crippen molar-refractivity contribution < 1.29 is 19.1 Å². The molecule has 3 aliphatic rings. The minimum Gasteiger partial charge on any atom is -0.491 e. The molecule has 1 saturated carbocycles. The molecular formula is C27H35NO4. The number of benzene rings is 1. The molecule has 1 aliphatic heterocycles. The molecule has 0 bridgehead atoms. The molecule has 0 saturated heterocycles. The van der Waals surface area contributed by atoms with E-state index in [1.165, 1.54) is 12.8 Å². The van der Waals surface area contributed by atoms with Gasteiger partial charge in [-0.05, 0) is 77.0 Å². The average Bonchev–Trinajstić information content (AvgIpc) is 3.01. The van der Waals surface area contributed by atoms with Crippen molar-refractivity contribution in [3.05, 3.63) is 52.4 Å². The Kier molecular flexibility index (Phi) is 7.02. The standard InChI is InChI=1S/C27H35NO4/c1-17(2)31-21-15-13-19(14-16-21)25-24(27(30)32-20-9-6-4-5-7-10-20)18(3)28-22-11-8-12-23(29)26(22)25/h13-17,20,25,28H,4-12H2,1-3H3. The van der Waals surface area contributed by atoms with Gasteiger partial charge in [-0.1, -0.05) is 25.0 Å². The number of ether oxygens (including phenoxy) is 2. The van der Waals surface area contributed by atoms with Crippen LogP contribution in [0.3, 0.4) is 0 Å². The molecule has 0 radical (unpaired) electrons. The van der Waals surface area contributed by atoms with Gasteiger partial charge in [0.05, 0.1) is 11.7 Å². The van der Waals surface area contributed by atoms with Gasteiger partial charge < -0.3 is 14.8 Å². The van der Waals surface area contributed by atoms with Gasteiger partial charge in [0.2, 0.25) is 0 Å². The fourth-order valence-electron chi connectivity index (χ4n) is 5.17. The van der Waals surface area contributed by atoms with Crippen molar-refractivity contribution in [3.8, 4) is 5.75 Å². The third-order valence-electron chi connectivity index (χ3n) is 6.66. The maximum Gasteiger partial charge on any atom is 0.337 e. The highest BCUT2D eigenvalue weighted by Crippen LogP contribution is 2.43. The second kappa shape index (κ2) is 9.93. The van der Waals surface area contributed by atoms with E-state index in [0.717, 1.165) is 66.8 Å². The van der Waals surface area contributed by atoms with E-state index in [1.807, 2.05) is 45.0 Å².